The van der Waals surface area contributed by atoms with Gasteiger partial charge in [-0.15, -0.1) is 0 Å². The van der Waals surface area contributed by atoms with Gasteiger partial charge in [-0.1, -0.05) is 29.8 Å². The Morgan fingerprint density at radius 1 is 1.17 bits per heavy atom. The van der Waals surface area contributed by atoms with Crippen LogP contribution in [0, 0.1) is 11.3 Å². The minimum Gasteiger partial charge on any atom is -0.345 e. The van der Waals surface area contributed by atoms with Gasteiger partial charge in [-0.25, -0.2) is 4.98 Å². The average molecular weight is 327 g/mol. The monoisotopic (exact) mass is 326 g/mol. The highest BCUT2D eigenvalue weighted by Gasteiger charge is 2.24. The van der Waals surface area contributed by atoms with Gasteiger partial charge in [0.05, 0.1) is 6.54 Å². The molecule has 0 spiro atoms. The van der Waals surface area contributed by atoms with Crippen LogP contribution in [0.5, 0.6) is 0 Å². The smallest absolute Gasteiger partial charge is 0.242 e. The first-order valence-electron chi connectivity index (χ1n) is 7.30. The second kappa shape index (κ2) is 6.67. The highest BCUT2D eigenvalue weighted by Crippen LogP contribution is 2.17. The lowest BCUT2D eigenvalue weighted by Crippen LogP contribution is -2.50. The Morgan fingerprint density at radius 2 is 1.96 bits per heavy atom. The Bertz CT molecular complexity index is 754. The molecule has 0 atom stereocenters. The number of carbonyl (C=O) groups excluding carboxylic acids is 1. The maximum absolute atomic E-state index is 12.4. The van der Waals surface area contributed by atoms with E-state index in [0.717, 1.165) is 5.56 Å². The number of rotatable bonds is 3. The fourth-order valence-electron chi connectivity index (χ4n) is 2.54. The van der Waals surface area contributed by atoms with E-state index in [-0.39, 0.29) is 12.5 Å². The zero-order valence-corrected chi connectivity index (χ0v) is 13.2. The number of halogens is 1. The summed E-state index contributed by atoms with van der Waals surface area (Å²) < 4.78 is 0. The largest absolute Gasteiger partial charge is 0.345 e. The fraction of sp³-hybridized carbons (Fsp3) is 0.235. The molecule has 1 amide bonds. The Hall–Kier alpha value is -2.58. The molecule has 0 unspecified atom stereocenters. The number of nitriles is 1. The summed E-state index contributed by atoms with van der Waals surface area (Å²) in [5.74, 6) is 0.721. The van der Waals surface area contributed by atoms with Crippen LogP contribution in [0.15, 0.2) is 42.5 Å². The van der Waals surface area contributed by atoms with Crippen LogP contribution in [0.2, 0.25) is 5.02 Å². The van der Waals surface area contributed by atoms with Crippen molar-refractivity contribution >= 4 is 23.3 Å². The highest BCUT2D eigenvalue weighted by molar-refractivity contribution is 6.30. The van der Waals surface area contributed by atoms with Gasteiger partial charge in [0, 0.05) is 24.7 Å². The molecular formula is C17H15ClN4O. The predicted molar refractivity (Wildman–Crippen MR) is 88.0 cm³/mol. The molecule has 1 aliphatic rings. The quantitative estimate of drug-likeness (QED) is 0.869. The van der Waals surface area contributed by atoms with E-state index in [2.05, 4.69) is 4.98 Å². The SMILES string of the molecule is N#Cc1cccc(N2CCN(Cc3ccc(Cl)cc3)C(=O)C2)n1. The zero-order valence-electron chi connectivity index (χ0n) is 12.4. The van der Waals surface area contributed by atoms with Crippen LogP contribution in [0.4, 0.5) is 5.82 Å². The standard InChI is InChI=1S/C17H15ClN4O/c18-14-6-4-13(5-7-14)11-22-9-8-21(12-17(22)23)16-3-1-2-15(10-19)20-16/h1-7H,8-9,11-12H2. The molecule has 1 saturated heterocycles. The number of carbonyl (C=O) groups is 1. The van der Waals surface area contributed by atoms with Crippen molar-refractivity contribution in [2.45, 2.75) is 6.54 Å². The topological polar surface area (TPSA) is 60.2 Å². The second-order valence-corrected chi connectivity index (χ2v) is 5.79. The van der Waals surface area contributed by atoms with Crippen molar-refractivity contribution < 1.29 is 4.79 Å². The van der Waals surface area contributed by atoms with Gasteiger partial charge >= 0.3 is 0 Å². The van der Waals surface area contributed by atoms with Gasteiger partial charge in [0.2, 0.25) is 5.91 Å². The Balaban J connectivity index is 1.66. The van der Waals surface area contributed by atoms with E-state index in [0.29, 0.717) is 36.2 Å². The molecule has 2 aromatic rings. The first kappa shape index (κ1) is 15.3. The van der Waals surface area contributed by atoms with Crippen LogP contribution in [0.25, 0.3) is 0 Å². The van der Waals surface area contributed by atoms with Gasteiger partial charge in [0.25, 0.3) is 0 Å². The molecule has 6 heteroatoms. The predicted octanol–water partition coefficient (Wildman–Crippen LogP) is 2.46. The van der Waals surface area contributed by atoms with Crippen LogP contribution in [-0.2, 0) is 11.3 Å². The van der Waals surface area contributed by atoms with Gasteiger partial charge in [-0.2, -0.15) is 5.26 Å². The molecule has 23 heavy (non-hydrogen) atoms. The maximum Gasteiger partial charge on any atom is 0.242 e. The number of anilines is 1. The highest BCUT2D eigenvalue weighted by atomic mass is 35.5. The van der Waals surface area contributed by atoms with Crippen LogP contribution >= 0.6 is 11.6 Å². The van der Waals surface area contributed by atoms with Crippen molar-refractivity contribution in [2.75, 3.05) is 24.5 Å². The zero-order chi connectivity index (χ0) is 16.2. The van der Waals surface area contributed by atoms with Crippen molar-refractivity contribution in [1.82, 2.24) is 9.88 Å². The maximum atomic E-state index is 12.4. The van der Waals surface area contributed by atoms with Crippen molar-refractivity contribution in [1.29, 1.82) is 5.26 Å². The van der Waals surface area contributed by atoms with Crippen LogP contribution in [-0.4, -0.2) is 35.4 Å². The van der Waals surface area contributed by atoms with Crippen molar-refractivity contribution in [3.63, 3.8) is 0 Å². The van der Waals surface area contributed by atoms with E-state index in [1.165, 1.54) is 0 Å². The minimum absolute atomic E-state index is 0.0513. The number of piperazine rings is 1. The first-order chi connectivity index (χ1) is 11.2. The van der Waals surface area contributed by atoms with Crippen LogP contribution < -0.4 is 4.90 Å². The van der Waals surface area contributed by atoms with E-state index >= 15 is 0 Å². The summed E-state index contributed by atoms with van der Waals surface area (Å²) in [7, 11) is 0. The number of hydrogen-bond donors (Lipinski definition) is 0. The summed E-state index contributed by atoms with van der Waals surface area (Å²) in [5, 5.41) is 9.61. The Morgan fingerprint density at radius 3 is 2.65 bits per heavy atom. The van der Waals surface area contributed by atoms with Crippen molar-refractivity contribution in [3.05, 3.63) is 58.7 Å². The molecular weight excluding hydrogens is 312 g/mol. The molecule has 0 aliphatic carbocycles. The van der Waals surface area contributed by atoms with Gasteiger partial charge < -0.3 is 9.80 Å². The molecule has 116 valence electrons. The molecule has 0 saturated carbocycles. The Kier molecular flexibility index (Phi) is 4.45. The van der Waals surface area contributed by atoms with Gasteiger partial charge in [0.15, 0.2) is 0 Å². The lowest BCUT2D eigenvalue weighted by atomic mass is 10.2. The lowest BCUT2D eigenvalue weighted by Gasteiger charge is -2.35. The fourth-order valence-corrected chi connectivity index (χ4v) is 2.67. The number of benzene rings is 1. The summed E-state index contributed by atoms with van der Waals surface area (Å²) in [6.07, 6.45) is 0. The van der Waals surface area contributed by atoms with Gasteiger partial charge in [-0.3, -0.25) is 4.79 Å². The van der Waals surface area contributed by atoms with Crippen LogP contribution in [0.1, 0.15) is 11.3 Å². The van der Waals surface area contributed by atoms with E-state index in [1.807, 2.05) is 46.2 Å². The summed E-state index contributed by atoms with van der Waals surface area (Å²) in [6, 6.07) is 14.8. The lowest BCUT2D eigenvalue weighted by molar-refractivity contribution is -0.131. The van der Waals surface area contributed by atoms with Crippen LogP contribution in [0.3, 0.4) is 0 Å². The molecule has 2 heterocycles. The molecule has 1 aromatic heterocycles. The molecule has 1 aromatic carbocycles. The summed E-state index contributed by atoms with van der Waals surface area (Å²) in [6.45, 7) is 2.17. The molecule has 3 rings (SSSR count). The number of nitrogens with zero attached hydrogens (tertiary/aromatic N) is 4. The first-order valence-corrected chi connectivity index (χ1v) is 7.68. The minimum atomic E-state index is 0.0513. The average Bonchev–Trinajstić information content (AvgIpc) is 2.58. The van der Waals surface area contributed by atoms with E-state index in [1.54, 1.807) is 12.1 Å². The molecule has 0 bridgehead atoms. The molecule has 1 fully saturated rings. The van der Waals surface area contributed by atoms with Gasteiger partial charge in [-0.05, 0) is 29.8 Å². The normalized spacial score (nSPS) is 14.7. The van der Waals surface area contributed by atoms with Gasteiger partial charge in [0.1, 0.15) is 17.6 Å². The second-order valence-electron chi connectivity index (χ2n) is 5.36. The van der Waals surface area contributed by atoms with E-state index in [4.69, 9.17) is 16.9 Å². The number of aromatic nitrogens is 1. The van der Waals surface area contributed by atoms with Crippen molar-refractivity contribution in [3.8, 4) is 6.07 Å². The summed E-state index contributed by atoms with van der Waals surface area (Å²) in [5.41, 5.74) is 1.42. The van der Waals surface area contributed by atoms with E-state index < -0.39 is 0 Å². The summed E-state index contributed by atoms with van der Waals surface area (Å²) in [4.78, 5) is 20.3. The third-order valence-electron chi connectivity index (χ3n) is 3.78. The Labute approximate surface area is 139 Å². The molecule has 0 radical (unpaired) electrons. The molecule has 1 aliphatic heterocycles. The van der Waals surface area contributed by atoms with Crippen molar-refractivity contribution in [2.24, 2.45) is 0 Å². The third-order valence-corrected chi connectivity index (χ3v) is 4.03. The summed E-state index contributed by atoms with van der Waals surface area (Å²) >= 11 is 5.88. The van der Waals surface area contributed by atoms with E-state index in [9.17, 15) is 4.79 Å². The molecule has 0 N–H and O–H groups in total. The number of hydrogen-bond acceptors (Lipinski definition) is 4. The number of pyridine rings is 1. The third kappa shape index (κ3) is 3.61. The number of amides is 1. The molecule has 5 nitrogen and oxygen atoms in total.